The lowest BCUT2D eigenvalue weighted by Gasteiger charge is -2.14. The van der Waals surface area contributed by atoms with E-state index in [0.29, 0.717) is 36.8 Å². The molecule has 19 heavy (non-hydrogen) atoms. The highest BCUT2D eigenvalue weighted by molar-refractivity contribution is 5.92. The molecular formula is C15H23NO3. The second-order valence-electron chi connectivity index (χ2n) is 5.14. The van der Waals surface area contributed by atoms with Gasteiger partial charge in [-0.15, -0.1) is 0 Å². The number of rotatable bonds is 7. The minimum absolute atomic E-state index is 0.110. The van der Waals surface area contributed by atoms with Gasteiger partial charge in [-0.05, 0) is 31.4 Å². The van der Waals surface area contributed by atoms with Crippen LogP contribution in [0.3, 0.4) is 0 Å². The molecule has 4 heteroatoms. The van der Waals surface area contributed by atoms with Crippen LogP contribution in [0.25, 0.3) is 0 Å². The minimum atomic E-state index is -0.460. The van der Waals surface area contributed by atoms with Gasteiger partial charge in [0.25, 0.3) is 0 Å². The summed E-state index contributed by atoms with van der Waals surface area (Å²) in [5, 5.41) is 12.0. The largest absolute Gasteiger partial charge is 0.491 e. The number of benzene rings is 1. The van der Waals surface area contributed by atoms with Crippen molar-refractivity contribution in [3.8, 4) is 5.75 Å². The zero-order chi connectivity index (χ0) is 14.3. The Balaban J connectivity index is 2.59. The van der Waals surface area contributed by atoms with Crippen molar-refractivity contribution in [1.82, 2.24) is 0 Å². The van der Waals surface area contributed by atoms with Crippen LogP contribution in [-0.2, 0) is 4.79 Å². The molecular weight excluding hydrogens is 242 g/mol. The standard InChI is InChI=1S/C15H23NO3/c1-11(2)10-19-14-7-5-4-6-13(14)16-15(18)9-8-12(3)17/h4-7,11-12,17H,8-10H2,1-3H3,(H,16,18). The second kappa shape index (κ2) is 7.79. The average Bonchev–Trinajstić information content (AvgIpc) is 2.35. The molecule has 1 rings (SSSR count). The van der Waals surface area contributed by atoms with Crippen LogP contribution in [0.1, 0.15) is 33.6 Å². The van der Waals surface area contributed by atoms with E-state index in [2.05, 4.69) is 19.2 Å². The number of carbonyl (C=O) groups is 1. The predicted molar refractivity (Wildman–Crippen MR) is 76.3 cm³/mol. The molecule has 0 bridgehead atoms. The molecule has 106 valence electrons. The zero-order valence-electron chi connectivity index (χ0n) is 11.8. The van der Waals surface area contributed by atoms with Crippen LogP contribution in [0.4, 0.5) is 5.69 Å². The third-order valence-corrected chi connectivity index (χ3v) is 2.52. The highest BCUT2D eigenvalue weighted by Gasteiger charge is 2.09. The molecule has 0 heterocycles. The number of hydrogen-bond donors (Lipinski definition) is 2. The summed E-state index contributed by atoms with van der Waals surface area (Å²) in [4.78, 5) is 11.7. The van der Waals surface area contributed by atoms with Crippen molar-refractivity contribution in [3.05, 3.63) is 24.3 Å². The number of amides is 1. The highest BCUT2D eigenvalue weighted by atomic mass is 16.5. The third kappa shape index (κ3) is 6.25. The fourth-order valence-corrected chi connectivity index (χ4v) is 1.50. The lowest BCUT2D eigenvalue weighted by atomic mass is 10.2. The van der Waals surface area contributed by atoms with E-state index in [9.17, 15) is 4.79 Å². The lowest BCUT2D eigenvalue weighted by Crippen LogP contribution is -2.15. The Morgan fingerprint density at radius 3 is 2.63 bits per heavy atom. The molecule has 0 aliphatic heterocycles. The van der Waals surface area contributed by atoms with Crippen molar-refractivity contribution in [2.24, 2.45) is 5.92 Å². The highest BCUT2D eigenvalue weighted by Crippen LogP contribution is 2.24. The minimum Gasteiger partial charge on any atom is -0.491 e. The maximum atomic E-state index is 11.7. The van der Waals surface area contributed by atoms with Gasteiger partial charge in [0.15, 0.2) is 0 Å². The van der Waals surface area contributed by atoms with E-state index in [1.807, 2.05) is 24.3 Å². The molecule has 4 nitrogen and oxygen atoms in total. The normalized spacial score (nSPS) is 12.3. The number of carbonyl (C=O) groups excluding carboxylic acids is 1. The number of aliphatic hydroxyl groups is 1. The molecule has 0 aliphatic carbocycles. The monoisotopic (exact) mass is 265 g/mol. The molecule has 0 saturated heterocycles. The van der Waals surface area contributed by atoms with Crippen molar-refractivity contribution < 1.29 is 14.6 Å². The quantitative estimate of drug-likeness (QED) is 0.797. The van der Waals surface area contributed by atoms with Gasteiger partial charge in [-0.2, -0.15) is 0 Å². The summed E-state index contributed by atoms with van der Waals surface area (Å²) in [5.41, 5.74) is 0.679. The van der Waals surface area contributed by atoms with Gasteiger partial charge in [0.1, 0.15) is 5.75 Å². The van der Waals surface area contributed by atoms with E-state index >= 15 is 0 Å². The van der Waals surface area contributed by atoms with Crippen molar-refractivity contribution in [1.29, 1.82) is 0 Å². The number of aliphatic hydroxyl groups excluding tert-OH is 1. The summed E-state index contributed by atoms with van der Waals surface area (Å²) in [7, 11) is 0. The Bertz CT molecular complexity index is 402. The smallest absolute Gasteiger partial charge is 0.224 e. The number of para-hydroxylation sites is 2. The summed E-state index contributed by atoms with van der Waals surface area (Å²) in [6, 6.07) is 7.39. The Kier molecular flexibility index (Phi) is 6.36. The van der Waals surface area contributed by atoms with Crippen molar-refractivity contribution >= 4 is 11.6 Å². The Morgan fingerprint density at radius 1 is 1.32 bits per heavy atom. The maximum absolute atomic E-state index is 11.7. The number of hydrogen-bond acceptors (Lipinski definition) is 3. The van der Waals surface area contributed by atoms with E-state index in [-0.39, 0.29) is 5.91 Å². The summed E-state index contributed by atoms with van der Waals surface area (Å²) >= 11 is 0. The zero-order valence-corrected chi connectivity index (χ0v) is 11.8. The van der Waals surface area contributed by atoms with Crippen LogP contribution in [0, 0.1) is 5.92 Å². The first-order valence-electron chi connectivity index (χ1n) is 6.68. The molecule has 0 aromatic heterocycles. The van der Waals surface area contributed by atoms with Gasteiger partial charge in [-0.25, -0.2) is 0 Å². The molecule has 0 saturated carbocycles. The van der Waals surface area contributed by atoms with Crippen molar-refractivity contribution in [2.75, 3.05) is 11.9 Å². The van der Waals surface area contributed by atoms with Gasteiger partial charge in [0.05, 0.1) is 18.4 Å². The van der Waals surface area contributed by atoms with Crippen molar-refractivity contribution in [3.63, 3.8) is 0 Å². The summed E-state index contributed by atoms with van der Waals surface area (Å²) < 4.78 is 5.66. The van der Waals surface area contributed by atoms with Gasteiger partial charge >= 0.3 is 0 Å². The van der Waals surface area contributed by atoms with Crippen LogP contribution in [0.5, 0.6) is 5.75 Å². The van der Waals surface area contributed by atoms with Gasteiger partial charge in [-0.1, -0.05) is 26.0 Å². The number of nitrogens with one attached hydrogen (secondary N) is 1. The maximum Gasteiger partial charge on any atom is 0.224 e. The molecule has 1 atom stereocenters. The van der Waals surface area contributed by atoms with Crippen LogP contribution < -0.4 is 10.1 Å². The topological polar surface area (TPSA) is 58.6 Å². The summed E-state index contributed by atoms with van der Waals surface area (Å²) in [5.74, 6) is 1.00. The molecule has 0 radical (unpaired) electrons. The predicted octanol–water partition coefficient (Wildman–Crippen LogP) is 2.82. The number of anilines is 1. The number of ether oxygens (including phenoxy) is 1. The van der Waals surface area contributed by atoms with Gasteiger partial charge < -0.3 is 15.2 Å². The molecule has 1 aromatic carbocycles. The van der Waals surface area contributed by atoms with E-state index < -0.39 is 6.10 Å². The first kappa shape index (κ1) is 15.5. The molecule has 0 fully saturated rings. The SMILES string of the molecule is CC(C)COc1ccccc1NC(=O)CCC(C)O. The molecule has 0 spiro atoms. The van der Waals surface area contributed by atoms with E-state index in [1.165, 1.54) is 0 Å². The third-order valence-electron chi connectivity index (χ3n) is 2.52. The summed E-state index contributed by atoms with van der Waals surface area (Å²) in [6.07, 6.45) is 0.301. The molecule has 0 aliphatic rings. The van der Waals surface area contributed by atoms with E-state index in [0.717, 1.165) is 0 Å². The van der Waals surface area contributed by atoms with Crippen LogP contribution in [0.2, 0.25) is 0 Å². The lowest BCUT2D eigenvalue weighted by molar-refractivity contribution is -0.116. The van der Waals surface area contributed by atoms with Gasteiger partial charge in [-0.3, -0.25) is 4.79 Å². The van der Waals surface area contributed by atoms with Gasteiger partial charge in [0.2, 0.25) is 5.91 Å². The Hall–Kier alpha value is -1.55. The van der Waals surface area contributed by atoms with Crippen LogP contribution >= 0.6 is 0 Å². The van der Waals surface area contributed by atoms with Crippen LogP contribution in [-0.4, -0.2) is 23.7 Å². The Labute approximate surface area is 114 Å². The second-order valence-corrected chi connectivity index (χ2v) is 5.14. The van der Waals surface area contributed by atoms with Gasteiger partial charge in [0, 0.05) is 6.42 Å². The Morgan fingerprint density at radius 2 is 2.00 bits per heavy atom. The first-order valence-corrected chi connectivity index (χ1v) is 6.68. The fraction of sp³-hybridized carbons (Fsp3) is 0.533. The molecule has 1 amide bonds. The van der Waals surface area contributed by atoms with Crippen molar-refractivity contribution in [2.45, 2.75) is 39.7 Å². The summed E-state index contributed by atoms with van der Waals surface area (Å²) in [6.45, 7) is 6.43. The molecule has 1 unspecified atom stereocenters. The van der Waals surface area contributed by atoms with Crippen LogP contribution in [0.15, 0.2) is 24.3 Å². The average molecular weight is 265 g/mol. The first-order chi connectivity index (χ1) is 8.99. The van der Waals surface area contributed by atoms with E-state index in [4.69, 9.17) is 9.84 Å². The molecule has 2 N–H and O–H groups in total. The van der Waals surface area contributed by atoms with E-state index in [1.54, 1.807) is 6.92 Å². The molecule has 1 aromatic rings. The fourth-order valence-electron chi connectivity index (χ4n) is 1.50.